The minimum absolute atomic E-state index is 0.252. The van der Waals surface area contributed by atoms with Gasteiger partial charge < -0.3 is 5.73 Å². The molecule has 14 heavy (non-hydrogen) atoms. The van der Waals surface area contributed by atoms with Gasteiger partial charge in [0.1, 0.15) is 0 Å². The van der Waals surface area contributed by atoms with Crippen LogP contribution in [0.25, 0.3) is 0 Å². The van der Waals surface area contributed by atoms with Crippen LogP contribution in [0, 0.1) is 0 Å². The lowest BCUT2D eigenvalue weighted by atomic mass is 10.1. The number of aromatic nitrogens is 3. The first kappa shape index (κ1) is 8.77. The molecule has 2 rings (SSSR count). The van der Waals surface area contributed by atoms with Crippen molar-refractivity contribution in [3.63, 3.8) is 0 Å². The van der Waals surface area contributed by atoms with Gasteiger partial charge in [0.05, 0.1) is 17.9 Å². The summed E-state index contributed by atoms with van der Waals surface area (Å²) in [6.45, 7) is 0. The molecule has 2 N–H and O–H groups in total. The maximum Gasteiger partial charge on any atom is 0.0799 e. The van der Waals surface area contributed by atoms with E-state index >= 15 is 0 Å². The molecule has 0 bridgehead atoms. The number of nitrogens with zero attached hydrogens (tertiary/aromatic N) is 3. The van der Waals surface area contributed by atoms with Crippen LogP contribution < -0.4 is 5.73 Å². The molecule has 4 nitrogen and oxygen atoms in total. The Labute approximate surface area is 81.9 Å². The van der Waals surface area contributed by atoms with Gasteiger partial charge in [-0.25, -0.2) is 0 Å². The van der Waals surface area contributed by atoms with Crippen molar-refractivity contribution in [3.8, 4) is 0 Å². The monoisotopic (exact) mass is 186 g/mol. The average molecular weight is 186 g/mol. The van der Waals surface area contributed by atoms with Gasteiger partial charge >= 0.3 is 0 Å². The lowest BCUT2D eigenvalue weighted by molar-refractivity contribution is 0.812. The fourth-order valence-electron chi connectivity index (χ4n) is 1.20. The van der Waals surface area contributed by atoms with Crippen molar-refractivity contribution < 1.29 is 0 Å². The van der Waals surface area contributed by atoms with Gasteiger partial charge in [0.15, 0.2) is 0 Å². The fourth-order valence-corrected chi connectivity index (χ4v) is 1.20. The van der Waals surface area contributed by atoms with Crippen LogP contribution in [-0.2, 0) is 0 Å². The van der Waals surface area contributed by atoms with Gasteiger partial charge in [-0.05, 0) is 11.6 Å². The van der Waals surface area contributed by atoms with Gasteiger partial charge in [-0.2, -0.15) is 0 Å². The van der Waals surface area contributed by atoms with Crippen molar-refractivity contribution in [2.75, 3.05) is 0 Å². The predicted octanol–water partition coefficient (Wildman–Crippen LogP) is 0.920. The van der Waals surface area contributed by atoms with Crippen molar-refractivity contribution in [1.82, 2.24) is 15.0 Å². The number of hydrogen-bond acceptors (Lipinski definition) is 4. The lowest BCUT2D eigenvalue weighted by Gasteiger charge is -2.09. The van der Waals surface area contributed by atoms with E-state index in [1.54, 1.807) is 31.0 Å². The van der Waals surface area contributed by atoms with Gasteiger partial charge in [-0.15, -0.1) is 0 Å². The van der Waals surface area contributed by atoms with Gasteiger partial charge in [0, 0.05) is 24.8 Å². The van der Waals surface area contributed by atoms with Gasteiger partial charge in [0.2, 0.25) is 0 Å². The molecule has 0 aliphatic carbocycles. The van der Waals surface area contributed by atoms with Crippen LogP contribution >= 0.6 is 0 Å². The van der Waals surface area contributed by atoms with Crippen LogP contribution in [0.2, 0.25) is 0 Å². The minimum Gasteiger partial charge on any atom is -0.319 e. The Morgan fingerprint density at radius 3 is 2.57 bits per heavy atom. The molecule has 2 aromatic heterocycles. The van der Waals surface area contributed by atoms with E-state index in [1.807, 2.05) is 12.1 Å². The zero-order valence-corrected chi connectivity index (χ0v) is 7.54. The second kappa shape index (κ2) is 3.93. The third kappa shape index (κ3) is 1.75. The average Bonchev–Trinajstić information content (AvgIpc) is 2.30. The standard InChI is InChI=1S/C10H10N4/c11-10(8-2-1-3-12-6-8)9-7-13-4-5-14-9/h1-7,10H,11H2. The second-order valence-corrected chi connectivity index (χ2v) is 2.89. The van der Waals surface area contributed by atoms with E-state index in [0.29, 0.717) is 0 Å². The quantitative estimate of drug-likeness (QED) is 0.757. The number of hydrogen-bond donors (Lipinski definition) is 1. The summed E-state index contributed by atoms with van der Waals surface area (Å²) >= 11 is 0. The van der Waals surface area contributed by atoms with Crippen LogP contribution in [0.15, 0.2) is 43.1 Å². The predicted molar refractivity (Wildman–Crippen MR) is 52.3 cm³/mol. The highest BCUT2D eigenvalue weighted by atomic mass is 14.8. The first-order valence-electron chi connectivity index (χ1n) is 4.29. The Hall–Kier alpha value is -1.81. The summed E-state index contributed by atoms with van der Waals surface area (Å²) in [5, 5.41) is 0. The Balaban J connectivity index is 2.30. The van der Waals surface area contributed by atoms with Crippen molar-refractivity contribution in [2.24, 2.45) is 5.73 Å². The maximum absolute atomic E-state index is 5.97. The molecule has 2 aromatic rings. The normalized spacial score (nSPS) is 12.4. The Kier molecular flexibility index (Phi) is 2.46. The molecular formula is C10H10N4. The molecule has 0 spiro atoms. The van der Waals surface area contributed by atoms with Crippen LogP contribution in [0.4, 0.5) is 0 Å². The Morgan fingerprint density at radius 1 is 1.07 bits per heavy atom. The molecule has 2 heterocycles. The number of pyridine rings is 1. The zero-order valence-electron chi connectivity index (χ0n) is 7.54. The van der Waals surface area contributed by atoms with E-state index in [1.165, 1.54) is 0 Å². The molecule has 0 saturated carbocycles. The van der Waals surface area contributed by atoms with E-state index in [0.717, 1.165) is 11.3 Å². The highest BCUT2D eigenvalue weighted by molar-refractivity contribution is 5.22. The highest BCUT2D eigenvalue weighted by Gasteiger charge is 2.09. The zero-order chi connectivity index (χ0) is 9.80. The summed E-state index contributed by atoms with van der Waals surface area (Å²) in [4.78, 5) is 12.1. The second-order valence-electron chi connectivity index (χ2n) is 2.89. The van der Waals surface area contributed by atoms with Gasteiger partial charge in [-0.3, -0.25) is 15.0 Å². The van der Waals surface area contributed by atoms with Crippen LogP contribution in [0.3, 0.4) is 0 Å². The molecule has 0 aliphatic heterocycles. The van der Waals surface area contributed by atoms with Crippen molar-refractivity contribution in [2.45, 2.75) is 6.04 Å². The molecule has 0 radical (unpaired) electrons. The molecule has 70 valence electrons. The van der Waals surface area contributed by atoms with E-state index < -0.39 is 0 Å². The van der Waals surface area contributed by atoms with Crippen molar-refractivity contribution in [1.29, 1.82) is 0 Å². The number of nitrogens with two attached hydrogens (primary N) is 1. The highest BCUT2D eigenvalue weighted by Crippen LogP contribution is 2.14. The van der Waals surface area contributed by atoms with Crippen LogP contribution in [-0.4, -0.2) is 15.0 Å². The van der Waals surface area contributed by atoms with Gasteiger partial charge in [0.25, 0.3) is 0 Å². The van der Waals surface area contributed by atoms with Gasteiger partial charge in [-0.1, -0.05) is 6.07 Å². The molecule has 4 heteroatoms. The molecule has 0 fully saturated rings. The summed E-state index contributed by atoms with van der Waals surface area (Å²) in [7, 11) is 0. The first-order valence-corrected chi connectivity index (χ1v) is 4.29. The smallest absolute Gasteiger partial charge is 0.0799 e. The van der Waals surface area contributed by atoms with Crippen molar-refractivity contribution in [3.05, 3.63) is 54.4 Å². The maximum atomic E-state index is 5.97. The summed E-state index contributed by atoms with van der Waals surface area (Å²) in [6, 6.07) is 3.52. The SMILES string of the molecule is NC(c1cccnc1)c1cnccn1. The molecule has 0 saturated heterocycles. The summed E-state index contributed by atoms with van der Waals surface area (Å²) in [5.41, 5.74) is 7.66. The van der Waals surface area contributed by atoms with Crippen LogP contribution in [0.5, 0.6) is 0 Å². The molecule has 1 atom stereocenters. The van der Waals surface area contributed by atoms with E-state index in [2.05, 4.69) is 15.0 Å². The van der Waals surface area contributed by atoms with E-state index in [9.17, 15) is 0 Å². The first-order chi connectivity index (χ1) is 6.88. The van der Waals surface area contributed by atoms with E-state index in [4.69, 9.17) is 5.73 Å². The molecule has 0 aromatic carbocycles. The third-order valence-electron chi connectivity index (χ3n) is 1.95. The summed E-state index contributed by atoms with van der Waals surface area (Å²) in [6.07, 6.45) is 8.37. The topological polar surface area (TPSA) is 64.7 Å². The Bertz CT molecular complexity index is 348. The lowest BCUT2D eigenvalue weighted by Crippen LogP contribution is -2.13. The fraction of sp³-hybridized carbons (Fsp3) is 0.100. The molecular weight excluding hydrogens is 176 g/mol. The minimum atomic E-state index is -0.252. The molecule has 0 amide bonds. The van der Waals surface area contributed by atoms with E-state index in [-0.39, 0.29) is 6.04 Å². The largest absolute Gasteiger partial charge is 0.319 e. The third-order valence-corrected chi connectivity index (χ3v) is 1.95. The molecule has 1 unspecified atom stereocenters. The number of rotatable bonds is 2. The molecule has 0 aliphatic rings. The summed E-state index contributed by atoms with van der Waals surface area (Å²) in [5.74, 6) is 0. The van der Waals surface area contributed by atoms with Crippen molar-refractivity contribution >= 4 is 0 Å². The summed E-state index contributed by atoms with van der Waals surface area (Å²) < 4.78 is 0. The van der Waals surface area contributed by atoms with Crippen LogP contribution in [0.1, 0.15) is 17.3 Å². The Morgan fingerprint density at radius 2 is 1.93 bits per heavy atom.